The van der Waals surface area contributed by atoms with Gasteiger partial charge in [-0.15, -0.1) is 23.5 Å². The fourth-order valence-corrected chi connectivity index (χ4v) is 5.52. The quantitative estimate of drug-likeness (QED) is 0.638. The van der Waals surface area contributed by atoms with E-state index in [0.29, 0.717) is 0 Å². The Labute approximate surface area is 169 Å². The Kier molecular flexibility index (Phi) is 5.07. The lowest BCUT2D eigenvalue weighted by Crippen LogP contribution is -2.40. The number of aryl methyl sites for hydroxylation is 1. The third-order valence-corrected chi connectivity index (χ3v) is 7.24. The van der Waals surface area contributed by atoms with E-state index in [1.54, 1.807) is 0 Å². The topological polar surface area (TPSA) is 46.9 Å². The normalized spacial score (nSPS) is 22.6. The van der Waals surface area contributed by atoms with Gasteiger partial charge in [0.15, 0.2) is 0 Å². The third kappa shape index (κ3) is 3.30. The average Bonchev–Trinajstić information content (AvgIpc) is 3.19. The molecule has 0 saturated carbocycles. The van der Waals surface area contributed by atoms with Crippen molar-refractivity contribution in [2.75, 3.05) is 0 Å². The lowest BCUT2D eigenvalue weighted by Gasteiger charge is -2.31. The third-order valence-electron chi connectivity index (χ3n) is 4.35. The highest BCUT2D eigenvalue weighted by atomic mass is 79.9. The second kappa shape index (κ2) is 7.32. The molecule has 7 heteroatoms. The van der Waals surface area contributed by atoms with Crippen LogP contribution < -0.4 is 0 Å². The van der Waals surface area contributed by atoms with Crippen LogP contribution in [-0.4, -0.2) is 31.3 Å². The number of halogens is 1. The summed E-state index contributed by atoms with van der Waals surface area (Å²) in [6.07, 6.45) is 0. The summed E-state index contributed by atoms with van der Waals surface area (Å²) in [6, 6.07) is 15.8. The maximum Gasteiger partial charge on any atom is 0.138 e. The van der Waals surface area contributed by atoms with Crippen LogP contribution >= 0.6 is 39.5 Å². The van der Waals surface area contributed by atoms with Gasteiger partial charge in [0.1, 0.15) is 10.7 Å². The van der Waals surface area contributed by atoms with Crippen LogP contribution in [0.2, 0.25) is 0 Å². The van der Waals surface area contributed by atoms with Gasteiger partial charge in [-0.2, -0.15) is 0 Å². The van der Waals surface area contributed by atoms with Crippen LogP contribution in [0.3, 0.4) is 0 Å². The van der Waals surface area contributed by atoms with E-state index in [1.807, 2.05) is 66.3 Å². The molecule has 0 amide bonds. The van der Waals surface area contributed by atoms with Crippen molar-refractivity contribution in [2.45, 2.75) is 17.7 Å². The van der Waals surface area contributed by atoms with Crippen molar-refractivity contribution in [1.29, 1.82) is 0 Å². The van der Waals surface area contributed by atoms with Crippen LogP contribution in [0, 0.1) is 6.92 Å². The van der Waals surface area contributed by atoms with Crippen molar-refractivity contribution in [3.8, 4) is 0 Å². The summed E-state index contributed by atoms with van der Waals surface area (Å²) >= 11 is 6.44. The molecule has 0 fully saturated rings. The van der Waals surface area contributed by atoms with Crippen molar-refractivity contribution in [3.05, 3.63) is 80.5 Å². The standard InChI is InChI=1S/C19H17BrN2O2S2/c1-12-2-4-13(5-3-12)16-10-25-18(21(16)23)19-22(24)17(11-26-19)14-6-8-15(20)9-7-14/h2-11,18-19,23-24H,1H3. The summed E-state index contributed by atoms with van der Waals surface area (Å²) in [6.45, 7) is 2.04. The minimum absolute atomic E-state index is 0.300. The fraction of sp³-hybridized carbons (Fsp3) is 0.158. The number of hydrogen-bond donors (Lipinski definition) is 2. The number of nitrogens with zero attached hydrogens (tertiary/aromatic N) is 2. The number of benzene rings is 2. The van der Waals surface area contributed by atoms with Gasteiger partial charge in [-0.1, -0.05) is 57.9 Å². The van der Waals surface area contributed by atoms with Gasteiger partial charge in [0.25, 0.3) is 0 Å². The zero-order valence-electron chi connectivity index (χ0n) is 13.9. The maximum atomic E-state index is 10.7. The van der Waals surface area contributed by atoms with Gasteiger partial charge < -0.3 is 0 Å². The first-order chi connectivity index (χ1) is 12.5. The molecule has 2 aliphatic rings. The van der Waals surface area contributed by atoms with E-state index in [0.717, 1.165) is 27.0 Å². The first-order valence-corrected chi connectivity index (χ1v) is 10.7. The van der Waals surface area contributed by atoms with E-state index < -0.39 is 0 Å². The van der Waals surface area contributed by atoms with Crippen LogP contribution in [-0.2, 0) is 0 Å². The van der Waals surface area contributed by atoms with Gasteiger partial charge in [0, 0.05) is 15.6 Å². The summed E-state index contributed by atoms with van der Waals surface area (Å²) in [4.78, 5) is 0. The molecule has 2 aromatic carbocycles. The molecule has 134 valence electrons. The van der Waals surface area contributed by atoms with Crippen molar-refractivity contribution in [2.24, 2.45) is 0 Å². The monoisotopic (exact) mass is 448 g/mol. The van der Waals surface area contributed by atoms with Crippen LogP contribution in [0.5, 0.6) is 0 Å². The smallest absolute Gasteiger partial charge is 0.138 e. The Hall–Kier alpha value is -1.38. The molecule has 4 nitrogen and oxygen atoms in total. The summed E-state index contributed by atoms with van der Waals surface area (Å²) in [7, 11) is 0. The Bertz CT molecular complexity index is 795. The van der Waals surface area contributed by atoms with E-state index in [2.05, 4.69) is 15.9 Å². The van der Waals surface area contributed by atoms with E-state index in [-0.39, 0.29) is 10.7 Å². The van der Waals surface area contributed by atoms with Gasteiger partial charge in [-0.25, -0.2) is 10.1 Å². The highest BCUT2D eigenvalue weighted by molar-refractivity contribution is 9.10. The molecule has 0 radical (unpaired) electrons. The maximum absolute atomic E-state index is 10.7. The molecule has 2 aromatic rings. The number of thioether (sulfide) groups is 2. The predicted molar refractivity (Wildman–Crippen MR) is 111 cm³/mol. The van der Waals surface area contributed by atoms with Gasteiger partial charge >= 0.3 is 0 Å². The average molecular weight is 449 g/mol. The van der Waals surface area contributed by atoms with E-state index in [9.17, 15) is 10.4 Å². The van der Waals surface area contributed by atoms with Crippen LogP contribution in [0.1, 0.15) is 16.7 Å². The molecular weight excluding hydrogens is 432 g/mol. The number of rotatable bonds is 3. The molecule has 0 spiro atoms. The lowest BCUT2D eigenvalue weighted by atomic mass is 10.1. The Balaban J connectivity index is 1.50. The van der Waals surface area contributed by atoms with E-state index in [1.165, 1.54) is 39.2 Å². The number of hydrogen-bond acceptors (Lipinski definition) is 6. The van der Waals surface area contributed by atoms with Gasteiger partial charge in [-0.05, 0) is 29.9 Å². The summed E-state index contributed by atoms with van der Waals surface area (Å²) in [5.74, 6) is 0. The largest absolute Gasteiger partial charge is 0.287 e. The molecule has 0 saturated heterocycles. The molecule has 2 atom stereocenters. The predicted octanol–water partition coefficient (Wildman–Crippen LogP) is 5.58. The summed E-state index contributed by atoms with van der Waals surface area (Å²) in [5, 5.41) is 27.2. The Morgan fingerprint density at radius 1 is 0.769 bits per heavy atom. The second-order valence-corrected chi connectivity index (χ2v) is 9.02. The molecule has 2 unspecified atom stereocenters. The Morgan fingerprint density at radius 3 is 1.65 bits per heavy atom. The molecule has 2 heterocycles. The highest BCUT2D eigenvalue weighted by Crippen LogP contribution is 2.46. The minimum Gasteiger partial charge on any atom is -0.287 e. The van der Waals surface area contributed by atoms with E-state index in [4.69, 9.17) is 0 Å². The second-order valence-electron chi connectivity index (χ2n) is 6.12. The molecule has 0 aliphatic carbocycles. The molecule has 2 N–H and O–H groups in total. The van der Waals surface area contributed by atoms with Crippen molar-refractivity contribution in [1.82, 2.24) is 10.1 Å². The minimum atomic E-state index is -0.303. The van der Waals surface area contributed by atoms with Gasteiger partial charge in [0.2, 0.25) is 0 Å². The summed E-state index contributed by atoms with van der Waals surface area (Å²) in [5.41, 5.74) is 4.57. The SMILES string of the molecule is Cc1ccc(C2=CSC(C3SC=C(c4ccc(Br)cc4)N3O)N2O)cc1. The van der Waals surface area contributed by atoms with Crippen molar-refractivity contribution < 1.29 is 10.4 Å². The van der Waals surface area contributed by atoms with Gasteiger partial charge in [-0.3, -0.25) is 10.4 Å². The Morgan fingerprint density at radius 2 is 1.19 bits per heavy atom. The van der Waals surface area contributed by atoms with Gasteiger partial charge in [0.05, 0.1) is 11.4 Å². The van der Waals surface area contributed by atoms with Crippen molar-refractivity contribution in [3.63, 3.8) is 0 Å². The fourth-order valence-electron chi connectivity index (χ4n) is 2.89. The first-order valence-electron chi connectivity index (χ1n) is 8.05. The lowest BCUT2D eigenvalue weighted by molar-refractivity contribution is -0.0911. The zero-order chi connectivity index (χ0) is 18.3. The number of hydroxylamine groups is 4. The van der Waals surface area contributed by atoms with Crippen LogP contribution in [0.25, 0.3) is 11.4 Å². The van der Waals surface area contributed by atoms with Crippen molar-refractivity contribution >= 4 is 50.8 Å². The van der Waals surface area contributed by atoms with E-state index >= 15 is 0 Å². The molecular formula is C19H17BrN2O2S2. The van der Waals surface area contributed by atoms with Crippen LogP contribution in [0.4, 0.5) is 0 Å². The molecule has 26 heavy (non-hydrogen) atoms. The molecule has 0 aromatic heterocycles. The first kappa shape index (κ1) is 18.0. The summed E-state index contributed by atoms with van der Waals surface area (Å²) < 4.78 is 0.994. The molecule has 2 aliphatic heterocycles. The molecule has 0 bridgehead atoms. The van der Waals surface area contributed by atoms with Crippen LogP contribution in [0.15, 0.2) is 63.8 Å². The zero-order valence-corrected chi connectivity index (χ0v) is 17.1. The highest BCUT2D eigenvalue weighted by Gasteiger charge is 2.40. The molecule has 4 rings (SSSR count).